The third-order valence-corrected chi connectivity index (χ3v) is 19.1. The molecule has 0 fully saturated rings. The number of hydrogen-bond acceptors (Lipinski definition) is 14. The highest BCUT2D eigenvalue weighted by Crippen LogP contribution is 2.39. The number of allylic oxidation sites excluding steroid dienone is 22. The van der Waals surface area contributed by atoms with Gasteiger partial charge in [0.25, 0.3) is 0 Å². The van der Waals surface area contributed by atoms with Crippen LogP contribution in [-0.4, -0.2) is 93.3 Å². The van der Waals surface area contributed by atoms with E-state index in [9.17, 15) is 9.59 Å². The van der Waals surface area contributed by atoms with Crippen molar-refractivity contribution in [3.05, 3.63) is 237 Å². The minimum atomic E-state index is -0.241. The number of hydrogen-bond donors (Lipinski definition) is 4. The Morgan fingerprint density at radius 3 is 1.29 bits per heavy atom. The molecule has 0 saturated heterocycles. The number of ether oxygens (including phenoxy) is 2. The molecule has 96 heavy (non-hydrogen) atoms. The molecule has 4 N–H and O–H groups in total. The largest absolute Gasteiger partial charge is 0.461 e. The molecule has 14 heterocycles. The molecular weight excluding hydrogens is 1190 g/mol. The van der Waals surface area contributed by atoms with Crippen molar-refractivity contribution in [3.63, 3.8) is 0 Å². The Labute approximate surface area is 564 Å². The second-order valence-corrected chi connectivity index (χ2v) is 25.8. The lowest BCUT2D eigenvalue weighted by Gasteiger charge is -2.17. The molecule has 0 aliphatic carbocycles. The van der Waals surface area contributed by atoms with Gasteiger partial charge in [0, 0.05) is 96.6 Å². The quantitative estimate of drug-likeness (QED) is 0.0917. The molecule has 0 amide bonds. The number of H-pyrrole nitrogens is 2. The first-order chi connectivity index (χ1) is 47.2. The Kier molecular flexibility index (Phi) is 20.7. The van der Waals surface area contributed by atoms with Gasteiger partial charge < -0.3 is 39.9 Å². The van der Waals surface area contributed by atoms with Gasteiger partial charge in [-0.05, 0) is 174 Å². The molecule has 0 atom stereocenters. The van der Waals surface area contributed by atoms with Gasteiger partial charge >= 0.3 is 11.9 Å². The average molecular weight is 1280 g/mol. The van der Waals surface area contributed by atoms with Crippen LogP contribution in [0.1, 0.15) is 178 Å². The first-order valence-corrected chi connectivity index (χ1v) is 35.0. The van der Waals surface area contributed by atoms with Crippen LogP contribution < -0.4 is 10.6 Å². The highest BCUT2D eigenvalue weighted by atomic mass is 16.5. The van der Waals surface area contributed by atoms with Crippen molar-refractivity contribution in [2.45, 2.75) is 155 Å². The van der Waals surface area contributed by atoms with E-state index in [1.54, 1.807) is 0 Å². The van der Waals surface area contributed by atoms with Crippen LogP contribution in [0.3, 0.4) is 0 Å². The van der Waals surface area contributed by atoms with Crippen molar-refractivity contribution >= 4 is 68.5 Å². The van der Waals surface area contributed by atoms with E-state index in [-0.39, 0.29) is 38.0 Å². The summed E-state index contributed by atoms with van der Waals surface area (Å²) < 4.78 is 11.9. The number of rotatable bonds is 12. The molecular formula is C80H88N12O4. The van der Waals surface area contributed by atoms with Crippen molar-refractivity contribution in [2.24, 2.45) is 30.0 Å². The maximum absolute atomic E-state index is 13.7. The Morgan fingerprint density at radius 2 is 0.781 bits per heavy atom. The molecule has 0 radical (unpaired) electrons. The van der Waals surface area contributed by atoms with E-state index in [1.165, 1.54) is 38.5 Å². The van der Waals surface area contributed by atoms with Crippen LogP contribution in [0.4, 0.5) is 0 Å². The zero-order valence-electron chi connectivity index (χ0n) is 56.0. The molecule has 0 unspecified atom stereocenters. The van der Waals surface area contributed by atoms with E-state index in [1.807, 2.05) is 51.0 Å². The predicted molar refractivity (Wildman–Crippen MR) is 390 cm³/mol. The second-order valence-electron chi connectivity index (χ2n) is 25.8. The lowest BCUT2D eigenvalue weighted by molar-refractivity contribution is -0.143. The molecule has 16 heteroatoms. The summed E-state index contributed by atoms with van der Waals surface area (Å²) in [7, 11) is 4.06. The van der Waals surface area contributed by atoms with Crippen molar-refractivity contribution in [2.75, 3.05) is 27.3 Å². The highest BCUT2D eigenvalue weighted by Gasteiger charge is 2.30. The average Bonchev–Trinajstić information content (AvgIpc) is 1.64. The number of aliphatic imine (C=N–C) groups is 6. The number of esters is 2. The van der Waals surface area contributed by atoms with Gasteiger partial charge in [-0.1, -0.05) is 89.5 Å². The Hall–Kier alpha value is -9.96. The Bertz CT molecular complexity index is 4270. The third kappa shape index (κ3) is 14.8. The van der Waals surface area contributed by atoms with E-state index in [0.717, 1.165) is 199 Å². The lowest BCUT2D eigenvalue weighted by Crippen LogP contribution is -2.19. The highest BCUT2D eigenvalue weighted by molar-refractivity contribution is 6.32. The van der Waals surface area contributed by atoms with Crippen molar-refractivity contribution in [1.82, 2.24) is 30.4 Å². The number of fused-ring (bicyclic) bond motifs is 18. The van der Waals surface area contributed by atoms with Crippen molar-refractivity contribution in [3.8, 4) is 0 Å². The SMILES string of the molecule is CCCCCCCC1=C2C=CC(=N2)C2=C3C=CC(=N3)/C(=C3/NC=CN3C)c3ccc([nH]3)C(=C3C=CC1=N3)CC=CCOC(=O)CCCCC1=C3C=CC(=N3)/C(=C3/NC=CN3C)c3ccc([nH]3)C(=C3C=CC(=N3)C(CCCCCCC)=C3C=CC1=N3)CCCCC(=O)OCC=CC2. The molecule has 0 aromatic carbocycles. The molecule has 2 aromatic rings. The summed E-state index contributed by atoms with van der Waals surface area (Å²) in [6.07, 6.45) is 60.1. The molecule has 0 spiro atoms. The summed E-state index contributed by atoms with van der Waals surface area (Å²) in [5, 5.41) is 6.99. The van der Waals surface area contributed by atoms with Crippen molar-refractivity contribution < 1.29 is 19.1 Å². The fourth-order valence-corrected chi connectivity index (χ4v) is 13.8. The van der Waals surface area contributed by atoms with E-state index < -0.39 is 0 Å². The number of carbonyl (C=O) groups excluding carboxylic acids is 2. The lowest BCUT2D eigenvalue weighted by atomic mass is 10.00. The molecule has 0 saturated carbocycles. The van der Waals surface area contributed by atoms with Crippen molar-refractivity contribution in [1.29, 1.82) is 0 Å². The van der Waals surface area contributed by atoms with Crippen LogP contribution in [0.15, 0.2) is 244 Å². The topological polar surface area (TPSA) is 189 Å². The van der Waals surface area contributed by atoms with Crippen LogP contribution >= 0.6 is 0 Å². The second kappa shape index (κ2) is 30.6. The van der Waals surface area contributed by atoms with Gasteiger partial charge in [0.1, 0.15) is 24.9 Å². The number of carbonyl (C=O) groups is 2. The first-order valence-electron chi connectivity index (χ1n) is 35.0. The summed E-state index contributed by atoms with van der Waals surface area (Å²) in [4.78, 5) is 71.8. The van der Waals surface area contributed by atoms with Gasteiger partial charge in [-0.3, -0.25) is 9.59 Å². The summed E-state index contributed by atoms with van der Waals surface area (Å²) >= 11 is 0. The van der Waals surface area contributed by atoms with Gasteiger partial charge in [0.05, 0.1) is 91.0 Å². The van der Waals surface area contributed by atoms with E-state index >= 15 is 0 Å². The summed E-state index contributed by atoms with van der Waals surface area (Å²) in [6.45, 7) is 4.78. The fourth-order valence-electron chi connectivity index (χ4n) is 13.8. The van der Waals surface area contributed by atoms with Gasteiger partial charge in [0.2, 0.25) is 0 Å². The number of aromatic nitrogens is 2. The van der Waals surface area contributed by atoms with Gasteiger partial charge in [-0.15, -0.1) is 0 Å². The Morgan fingerprint density at radius 1 is 0.396 bits per heavy atom. The van der Waals surface area contributed by atoms with Crippen LogP contribution in [0.5, 0.6) is 0 Å². The third-order valence-electron chi connectivity index (χ3n) is 19.1. The smallest absolute Gasteiger partial charge is 0.306 e. The number of unbranched alkanes of at least 4 members (excludes halogenated alkanes) is 8. The first kappa shape index (κ1) is 64.7. The number of aromatic amines is 2. The summed E-state index contributed by atoms with van der Waals surface area (Å²) in [5.74, 6) is 1.30. The van der Waals surface area contributed by atoms with Gasteiger partial charge in [-0.2, -0.15) is 0 Å². The maximum Gasteiger partial charge on any atom is 0.306 e. The molecule has 12 aliphatic heterocycles. The van der Waals surface area contributed by atoms with E-state index in [2.05, 4.69) is 154 Å². The molecule has 12 aliphatic rings. The predicted octanol–water partition coefficient (Wildman–Crippen LogP) is 16.8. The number of nitrogens with zero attached hydrogens (tertiary/aromatic N) is 8. The van der Waals surface area contributed by atoms with E-state index in [4.69, 9.17) is 39.4 Å². The van der Waals surface area contributed by atoms with E-state index in [0.29, 0.717) is 38.5 Å². The standard InChI is InChI=1S/C80H88N12O4/c1-5-7-9-11-13-23-53-59-31-35-63(83-59)55-25-15-17-29-75(93)95-51-21-19-27-57-65-37-33-61(85-65)54(24-14-12-10-8-6-2)62-34-38-66(86-62)58(70-42-46-74(90-70)78(73-45-41-69(57)89-73)80-82-48-50-92(80)4)28-20-22-52-96-76(94)30-18-16-26-56(64-36-32-60(53)84-64)68-40-44-72(88-68)77(71-43-39-67(55)87-71)79-81-47-49-91(79)3/h19-22,31-50,81-82,87,90H,5-18,23-30,51-52H2,1-4H3/b21-19?,22-20?,60-53?,61-54?,63-55?,66-58?,68-56?,69-57?,79-77-,80-78+. The number of nitrogens with one attached hydrogen (secondary N) is 4. The normalized spacial score (nSPS) is 22.2. The van der Waals surface area contributed by atoms with Crippen LogP contribution in [0.25, 0.3) is 22.3 Å². The van der Waals surface area contributed by atoms with Gasteiger partial charge in [0.15, 0.2) is 0 Å². The zero-order valence-corrected chi connectivity index (χ0v) is 56.0. The molecule has 16 nitrogen and oxygen atoms in total. The van der Waals surface area contributed by atoms with Crippen LogP contribution in [0.2, 0.25) is 0 Å². The molecule has 20 bridgehead atoms. The minimum absolute atomic E-state index is 0.140. The fraction of sp³-hybridized carbons (Fsp3) is 0.350. The van der Waals surface area contributed by atoms with Crippen LogP contribution in [-0.2, 0) is 19.1 Å². The van der Waals surface area contributed by atoms with Gasteiger partial charge in [-0.25, -0.2) is 30.0 Å². The zero-order chi connectivity index (χ0) is 65.7. The molecule has 2 aromatic heterocycles. The summed E-state index contributed by atoms with van der Waals surface area (Å²) in [5.41, 5.74) is 22.2. The minimum Gasteiger partial charge on any atom is -0.461 e. The maximum atomic E-state index is 13.7. The summed E-state index contributed by atoms with van der Waals surface area (Å²) in [6, 6.07) is 8.53. The Balaban J connectivity index is 0.854. The molecule has 14 rings (SSSR count). The molecule has 492 valence electrons. The monoisotopic (exact) mass is 1280 g/mol. The van der Waals surface area contributed by atoms with Crippen LogP contribution in [0, 0.1) is 0 Å².